The van der Waals surface area contributed by atoms with Gasteiger partial charge in [0.25, 0.3) is 0 Å². The standard InChI is InChI=1S/C19H18N2O2S/c22-17-11-12-19(14-7-3-1-4-8-14)21(17)16(13-24-19)18(23)20-15-9-5-2-6-10-15/h1-10,16H,11-13H2,(H,20,23)/t16-,19+/m1/s1. The summed E-state index contributed by atoms with van der Waals surface area (Å²) in [6.45, 7) is 0. The largest absolute Gasteiger partial charge is 0.324 e. The van der Waals surface area contributed by atoms with Crippen molar-refractivity contribution in [1.29, 1.82) is 0 Å². The zero-order valence-corrected chi connectivity index (χ0v) is 14.0. The first-order valence-corrected chi connectivity index (χ1v) is 9.07. The third-order valence-corrected chi connectivity index (χ3v) is 6.29. The van der Waals surface area contributed by atoms with Crippen LogP contribution < -0.4 is 5.32 Å². The molecule has 2 amide bonds. The van der Waals surface area contributed by atoms with E-state index in [4.69, 9.17) is 0 Å². The first-order valence-electron chi connectivity index (χ1n) is 8.08. The lowest BCUT2D eigenvalue weighted by Crippen LogP contribution is -2.48. The van der Waals surface area contributed by atoms with Crippen LogP contribution in [0.25, 0.3) is 0 Å². The second-order valence-corrected chi connectivity index (χ2v) is 7.39. The highest BCUT2D eigenvalue weighted by atomic mass is 32.2. The maximum Gasteiger partial charge on any atom is 0.248 e. The molecule has 0 aromatic heterocycles. The molecule has 0 aliphatic carbocycles. The molecule has 2 aromatic carbocycles. The van der Waals surface area contributed by atoms with E-state index in [0.717, 1.165) is 17.7 Å². The Morgan fingerprint density at radius 1 is 1.08 bits per heavy atom. The lowest BCUT2D eigenvalue weighted by atomic mass is 10.0. The normalized spacial score (nSPS) is 25.6. The Morgan fingerprint density at radius 2 is 1.75 bits per heavy atom. The van der Waals surface area contributed by atoms with Gasteiger partial charge in [0.2, 0.25) is 11.8 Å². The molecular formula is C19H18N2O2S. The van der Waals surface area contributed by atoms with E-state index >= 15 is 0 Å². The van der Waals surface area contributed by atoms with Gasteiger partial charge in [0.1, 0.15) is 10.9 Å². The molecule has 4 rings (SSSR count). The Kier molecular flexibility index (Phi) is 3.81. The van der Waals surface area contributed by atoms with Crippen molar-refractivity contribution in [2.24, 2.45) is 0 Å². The number of nitrogens with one attached hydrogen (secondary N) is 1. The van der Waals surface area contributed by atoms with Gasteiger partial charge in [-0.25, -0.2) is 0 Å². The summed E-state index contributed by atoms with van der Waals surface area (Å²) >= 11 is 1.71. The molecule has 2 fully saturated rings. The summed E-state index contributed by atoms with van der Waals surface area (Å²) in [6, 6.07) is 19.0. The number of hydrogen-bond donors (Lipinski definition) is 1. The second kappa shape index (κ2) is 5.98. The fraction of sp³-hybridized carbons (Fsp3) is 0.263. The molecule has 0 spiro atoms. The quantitative estimate of drug-likeness (QED) is 0.935. The summed E-state index contributed by atoms with van der Waals surface area (Å²) in [6.07, 6.45) is 1.26. The van der Waals surface area contributed by atoms with E-state index in [1.807, 2.05) is 53.4 Å². The van der Waals surface area contributed by atoms with Crippen molar-refractivity contribution < 1.29 is 9.59 Å². The van der Waals surface area contributed by atoms with Crippen molar-refractivity contribution in [2.75, 3.05) is 11.1 Å². The predicted molar refractivity (Wildman–Crippen MR) is 95.5 cm³/mol. The van der Waals surface area contributed by atoms with Gasteiger partial charge in [0, 0.05) is 17.9 Å². The molecule has 0 saturated carbocycles. The Morgan fingerprint density at radius 3 is 2.46 bits per heavy atom. The Hall–Kier alpha value is -2.27. The zero-order chi connectivity index (χ0) is 16.6. The van der Waals surface area contributed by atoms with Crippen LogP contribution in [0.2, 0.25) is 0 Å². The first kappa shape index (κ1) is 15.3. The van der Waals surface area contributed by atoms with E-state index in [0.29, 0.717) is 12.2 Å². The van der Waals surface area contributed by atoms with Crippen LogP contribution in [0.15, 0.2) is 60.7 Å². The number of amides is 2. The lowest BCUT2D eigenvalue weighted by molar-refractivity contribution is -0.136. The Labute approximate surface area is 145 Å². The van der Waals surface area contributed by atoms with Gasteiger partial charge in [-0.3, -0.25) is 9.59 Å². The number of hydrogen-bond acceptors (Lipinski definition) is 3. The Bertz CT molecular complexity index is 765. The van der Waals surface area contributed by atoms with Crippen molar-refractivity contribution in [1.82, 2.24) is 4.90 Å². The van der Waals surface area contributed by atoms with Gasteiger partial charge in [-0.2, -0.15) is 0 Å². The topological polar surface area (TPSA) is 49.4 Å². The van der Waals surface area contributed by atoms with Gasteiger partial charge in [-0.1, -0.05) is 48.5 Å². The highest BCUT2D eigenvalue weighted by Crippen LogP contribution is 2.54. The minimum Gasteiger partial charge on any atom is -0.324 e. The van der Waals surface area contributed by atoms with Crippen LogP contribution >= 0.6 is 11.8 Å². The maximum atomic E-state index is 12.8. The fourth-order valence-electron chi connectivity index (χ4n) is 3.58. The first-order chi connectivity index (χ1) is 11.7. The summed E-state index contributed by atoms with van der Waals surface area (Å²) in [5.74, 6) is 0.582. The van der Waals surface area contributed by atoms with Crippen molar-refractivity contribution >= 4 is 29.3 Å². The molecule has 2 aliphatic rings. The number of carbonyl (C=O) groups excluding carboxylic acids is 2. The van der Waals surface area contributed by atoms with Crippen LogP contribution in [-0.4, -0.2) is 28.5 Å². The van der Waals surface area contributed by atoms with Gasteiger partial charge in [0.15, 0.2) is 0 Å². The van der Waals surface area contributed by atoms with Crippen molar-refractivity contribution in [3.63, 3.8) is 0 Å². The van der Waals surface area contributed by atoms with E-state index in [2.05, 4.69) is 17.4 Å². The van der Waals surface area contributed by atoms with Crippen molar-refractivity contribution in [3.8, 4) is 0 Å². The molecule has 0 bridgehead atoms. The van der Waals surface area contributed by atoms with Gasteiger partial charge < -0.3 is 10.2 Å². The number of carbonyl (C=O) groups is 2. The predicted octanol–water partition coefficient (Wildman–Crippen LogP) is 3.22. The van der Waals surface area contributed by atoms with Crippen LogP contribution in [0, 0.1) is 0 Å². The van der Waals surface area contributed by atoms with Crippen LogP contribution in [-0.2, 0) is 14.5 Å². The van der Waals surface area contributed by atoms with Gasteiger partial charge in [-0.15, -0.1) is 11.8 Å². The average molecular weight is 338 g/mol. The minimum absolute atomic E-state index is 0.0667. The Balaban J connectivity index is 1.62. The summed E-state index contributed by atoms with van der Waals surface area (Å²) in [4.78, 5) is 26.7. The molecular weight excluding hydrogens is 320 g/mol. The van der Waals surface area contributed by atoms with E-state index in [9.17, 15) is 9.59 Å². The molecule has 2 heterocycles. The van der Waals surface area contributed by atoms with E-state index in [-0.39, 0.29) is 11.8 Å². The van der Waals surface area contributed by atoms with E-state index in [1.54, 1.807) is 11.8 Å². The van der Waals surface area contributed by atoms with Gasteiger partial charge in [-0.05, 0) is 24.1 Å². The third kappa shape index (κ3) is 2.40. The molecule has 0 unspecified atom stereocenters. The number of benzene rings is 2. The van der Waals surface area contributed by atoms with E-state index in [1.165, 1.54) is 0 Å². The summed E-state index contributed by atoms with van der Waals surface area (Å²) in [5.41, 5.74) is 1.87. The summed E-state index contributed by atoms with van der Waals surface area (Å²) in [7, 11) is 0. The molecule has 4 nitrogen and oxygen atoms in total. The molecule has 2 aliphatic heterocycles. The van der Waals surface area contributed by atoms with Gasteiger partial charge >= 0.3 is 0 Å². The van der Waals surface area contributed by atoms with Crippen LogP contribution in [0.5, 0.6) is 0 Å². The number of thioether (sulfide) groups is 1. The smallest absolute Gasteiger partial charge is 0.248 e. The highest BCUT2D eigenvalue weighted by molar-refractivity contribution is 8.00. The maximum absolute atomic E-state index is 12.8. The molecule has 0 radical (unpaired) electrons. The monoisotopic (exact) mass is 338 g/mol. The molecule has 2 saturated heterocycles. The molecule has 24 heavy (non-hydrogen) atoms. The molecule has 1 N–H and O–H groups in total. The molecule has 2 atom stereocenters. The number of anilines is 1. The highest BCUT2D eigenvalue weighted by Gasteiger charge is 2.56. The molecule has 2 aromatic rings. The van der Waals surface area contributed by atoms with E-state index < -0.39 is 10.9 Å². The van der Waals surface area contributed by atoms with Crippen molar-refractivity contribution in [3.05, 3.63) is 66.2 Å². The SMILES string of the molecule is O=C(Nc1ccccc1)[C@H]1CS[C@]2(c3ccccc3)CCC(=O)N12. The van der Waals surface area contributed by atoms with Crippen LogP contribution in [0.1, 0.15) is 18.4 Å². The second-order valence-electron chi connectivity index (χ2n) is 6.10. The number of fused-ring (bicyclic) bond motifs is 1. The molecule has 5 heteroatoms. The fourth-order valence-corrected chi connectivity index (χ4v) is 5.23. The minimum atomic E-state index is -0.426. The van der Waals surface area contributed by atoms with Gasteiger partial charge in [0.05, 0.1) is 0 Å². The number of nitrogens with zero attached hydrogens (tertiary/aromatic N) is 1. The third-order valence-electron chi connectivity index (χ3n) is 4.70. The van der Waals surface area contributed by atoms with Crippen LogP contribution in [0.3, 0.4) is 0 Å². The number of rotatable bonds is 3. The number of para-hydroxylation sites is 1. The van der Waals surface area contributed by atoms with Crippen LogP contribution in [0.4, 0.5) is 5.69 Å². The zero-order valence-electron chi connectivity index (χ0n) is 13.1. The van der Waals surface area contributed by atoms with Crippen molar-refractivity contribution in [2.45, 2.75) is 23.8 Å². The summed E-state index contributed by atoms with van der Waals surface area (Å²) in [5, 5.41) is 2.94. The summed E-state index contributed by atoms with van der Waals surface area (Å²) < 4.78 is 0. The molecule has 122 valence electrons. The average Bonchev–Trinajstić information content (AvgIpc) is 3.16. The lowest BCUT2D eigenvalue weighted by Gasteiger charge is -2.34.